The third-order valence-electron chi connectivity index (χ3n) is 6.09. The number of carbonyl (C=O) groups is 3. The maximum atomic E-state index is 13.4. The molecule has 4 rings (SSSR count). The fourth-order valence-corrected chi connectivity index (χ4v) is 4.08. The van der Waals surface area contributed by atoms with Gasteiger partial charge in [0, 0.05) is 24.7 Å². The standard InChI is InChI=1S/C29H28N2O5/c1-35-24-14-13-23(26(20-24)36-2)19-25-27(32)30(17-15-21-9-5-3-6-10-21)29(34)31(28(25)33)18-16-22-11-7-4-8-12-22/h3-14,19-20H,15-18H2,1-2H3. The maximum absolute atomic E-state index is 13.4. The van der Waals surface area contributed by atoms with E-state index in [1.54, 1.807) is 25.3 Å². The van der Waals surface area contributed by atoms with Crippen LogP contribution < -0.4 is 9.47 Å². The van der Waals surface area contributed by atoms with Crippen LogP contribution in [-0.2, 0) is 22.4 Å². The molecule has 0 unspecified atom stereocenters. The first kappa shape index (κ1) is 24.7. The Bertz CT molecular complexity index is 1200. The number of nitrogens with zero attached hydrogens (tertiary/aromatic N) is 2. The number of imide groups is 2. The molecule has 4 amide bonds. The minimum atomic E-state index is -0.616. The second-order valence-corrected chi connectivity index (χ2v) is 8.33. The molecule has 0 atom stereocenters. The van der Waals surface area contributed by atoms with E-state index in [2.05, 4.69) is 0 Å². The lowest BCUT2D eigenvalue weighted by atomic mass is 10.0. The van der Waals surface area contributed by atoms with E-state index in [1.165, 1.54) is 13.2 Å². The van der Waals surface area contributed by atoms with E-state index in [0.717, 1.165) is 20.9 Å². The average Bonchev–Trinajstić information content (AvgIpc) is 2.92. The lowest BCUT2D eigenvalue weighted by Gasteiger charge is -2.34. The zero-order valence-electron chi connectivity index (χ0n) is 20.3. The van der Waals surface area contributed by atoms with E-state index in [-0.39, 0.29) is 18.7 Å². The monoisotopic (exact) mass is 484 g/mol. The van der Waals surface area contributed by atoms with Crippen molar-refractivity contribution < 1.29 is 23.9 Å². The molecule has 7 heteroatoms. The van der Waals surface area contributed by atoms with Gasteiger partial charge in [0.15, 0.2) is 0 Å². The molecule has 0 radical (unpaired) electrons. The molecule has 1 aliphatic heterocycles. The molecule has 0 bridgehead atoms. The van der Waals surface area contributed by atoms with Crippen LogP contribution in [0.3, 0.4) is 0 Å². The Hall–Kier alpha value is -4.39. The number of carbonyl (C=O) groups excluding carboxylic acids is 3. The topological polar surface area (TPSA) is 76.2 Å². The third-order valence-corrected chi connectivity index (χ3v) is 6.09. The van der Waals surface area contributed by atoms with Crippen LogP contribution in [-0.4, -0.2) is 55.0 Å². The van der Waals surface area contributed by atoms with E-state index in [9.17, 15) is 14.4 Å². The highest BCUT2D eigenvalue weighted by Crippen LogP contribution is 2.29. The van der Waals surface area contributed by atoms with Crippen molar-refractivity contribution in [3.05, 3.63) is 101 Å². The van der Waals surface area contributed by atoms with Gasteiger partial charge in [0.1, 0.15) is 17.1 Å². The summed E-state index contributed by atoms with van der Waals surface area (Å²) in [5.41, 5.74) is 2.44. The first-order valence-electron chi connectivity index (χ1n) is 11.7. The van der Waals surface area contributed by atoms with Crippen molar-refractivity contribution in [1.29, 1.82) is 0 Å². The highest BCUT2D eigenvalue weighted by molar-refractivity contribution is 6.31. The predicted octanol–water partition coefficient (Wildman–Crippen LogP) is 4.36. The number of urea groups is 1. The van der Waals surface area contributed by atoms with Crippen LogP contribution in [0.5, 0.6) is 11.5 Å². The van der Waals surface area contributed by atoms with Crippen molar-refractivity contribution in [2.75, 3.05) is 27.3 Å². The van der Waals surface area contributed by atoms with Gasteiger partial charge in [-0.3, -0.25) is 19.4 Å². The largest absolute Gasteiger partial charge is 0.497 e. The first-order chi connectivity index (χ1) is 17.5. The van der Waals surface area contributed by atoms with Crippen LogP contribution in [0.25, 0.3) is 6.08 Å². The average molecular weight is 485 g/mol. The van der Waals surface area contributed by atoms with Gasteiger partial charge < -0.3 is 9.47 Å². The molecule has 0 aliphatic carbocycles. The zero-order valence-corrected chi connectivity index (χ0v) is 20.3. The molecule has 0 N–H and O–H groups in total. The Morgan fingerprint density at radius 2 is 1.22 bits per heavy atom. The molecule has 7 nitrogen and oxygen atoms in total. The summed E-state index contributed by atoms with van der Waals surface area (Å²) in [6, 6.07) is 23.7. The molecule has 0 saturated carbocycles. The number of amides is 4. The molecule has 0 spiro atoms. The summed E-state index contributed by atoms with van der Waals surface area (Å²) in [5, 5.41) is 0. The molecule has 3 aromatic rings. The number of benzene rings is 3. The summed E-state index contributed by atoms with van der Waals surface area (Å²) in [5.74, 6) is -0.199. The number of hydrogen-bond acceptors (Lipinski definition) is 5. The highest BCUT2D eigenvalue weighted by atomic mass is 16.5. The fraction of sp³-hybridized carbons (Fsp3) is 0.207. The Balaban J connectivity index is 1.66. The summed E-state index contributed by atoms with van der Waals surface area (Å²) < 4.78 is 10.7. The molecule has 1 aliphatic rings. The van der Waals surface area contributed by atoms with E-state index >= 15 is 0 Å². The van der Waals surface area contributed by atoms with Crippen molar-refractivity contribution >= 4 is 23.9 Å². The highest BCUT2D eigenvalue weighted by Gasteiger charge is 2.41. The zero-order chi connectivity index (χ0) is 25.5. The lowest BCUT2D eigenvalue weighted by molar-refractivity contribution is -0.135. The predicted molar refractivity (Wildman–Crippen MR) is 137 cm³/mol. The molecule has 1 saturated heterocycles. The van der Waals surface area contributed by atoms with Gasteiger partial charge in [-0.2, -0.15) is 0 Å². The van der Waals surface area contributed by atoms with Crippen LogP contribution in [0.15, 0.2) is 84.4 Å². The van der Waals surface area contributed by atoms with Crippen molar-refractivity contribution in [3.63, 3.8) is 0 Å². The lowest BCUT2D eigenvalue weighted by Crippen LogP contribution is -2.57. The smallest absolute Gasteiger partial charge is 0.333 e. The van der Waals surface area contributed by atoms with E-state index in [0.29, 0.717) is 29.9 Å². The number of ether oxygens (including phenoxy) is 2. The van der Waals surface area contributed by atoms with Crippen molar-refractivity contribution in [2.24, 2.45) is 0 Å². The van der Waals surface area contributed by atoms with Gasteiger partial charge in [-0.1, -0.05) is 60.7 Å². The van der Waals surface area contributed by atoms with Gasteiger partial charge in [-0.05, 0) is 42.2 Å². The third kappa shape index (κ3) is 5.46. The molecule has 3 aromatic carbocycles. The number of rotatable bonds is 9. The van der Waals surface area contributed by atoms with E-state index in [1.807, 2.05) is 60.7 Å². The van der Waals surface area contributed by atoms with Crippen LogP contribution in [0.2, 0.25) is 0 Å². The minimum absolute atomic E-state index is 0.0841. The van der Waals surface area contributed by atoms with Crippen molar-refractivity contribution in [1.82, 2.24) is 9.80 Å². The Labute approximate surface area is 210 Å². The second kappa shape index (κ2) is 11.4. The quantitative estimate of drug-likeness (QED) is 0.333. The normalized spacial score (nSPS) is 13.7. The van der Waals surface area contributed by atoms with Crippen LogP contribution in [0.4, 0.5) is 4.79 Å². The Morgan fingerprint density at radius 1 is 0.694 bits per heavy atom. The molecular weight excluding hydrogens is 456 g/mol. The first-order valence-corrected chi connectivity index (χ1v) is 11.7. The molecule has 1 fully saturated rings. The Kier molecular flexibility index (Phi) is 7.80. The van der Waals surface area contributed by atoms with Gasteiger partial charge in [0.25, 0.3) is 11.8 Å². The summed E-state index contributed by atoms with van der Waals surface area (Å²) in [7, 11) is 3.05. The number of hydrogen-bond donors (Lipinski definition) is 0. The van der Waals surface area contributed by atoms with Crippen molar-refractivity contribution in [2.45, 2.75) is 12.8 Å². The van der Waals surface area contributed by atoms with Gasteiger partial charge in [-0.15, -0.1) is 0 Å². The summed E-state index contributed by atoms with van der Waals surface area (Å²) >= 11 is 0. The number of methoxy groups -OCH3 is 2. The summed E-state index contributed by atoms with van der Waals surface area (Å²) in [6.07, 6.45) is 2.46. The Morgan fingerprint density at radius 3 is 1.69 bits per heavy atom. The maximum Gasteiger partial charge on any atom is 0.333 e. The van der Waals surface area contributed by atoms with Crippen LogP contribution >= 0.6 is 0 Å². The molecular formula is C29H28N2O5. The minimum Gasteiger partial charge on any atom is -0.497 e. The molecule has 36 heavy (non-hydrogen) atoms. The van der Waals surface area contributed by atoms with Gasteiger partial charge >= 0.3 is 6.03 Å². The van der Waals surface area contributed by atoms with Gasteiger partial charge in [0.2, 0.25) is 0 Å². The SMILES string of the molecule is COc1ccc(C=C2C(=O)N(CCc3ccccc3)C(=O)N(CCc3ccccc3)C2=O)c(OC)c1. The molecule has 184 valence electrons. The molecule has 0 aromatic heterocycles. The van der Waals surface area contributed by atoms with E-state index in [4.69, 9.17) is 9.47 Å². The van der Waals surface area contributed by atoms with Crippen LogP contribution in [0.1, 0.15) is 16.7 Å². The fourth-order valence-electron chi connectivity index (χ4n) is 4.08. The second-order valence-electron chi connectivity index (χ2n) is 8.33. The van der Waals surface area contributed by atoms with Crippen LogP contribution in [0, 0.1) is 0 Å². The van der Waals surface area contributed by atoms with E-state index < -0.39 is 17.8 Å². The number of barbiturate groups is 1. The van der Waals surface area contributed by atoms with Gasteiger partial charge in [-0.25, -0.2) is 4.79 Å². The summed E-state index contributed by atoms with van der Waals surface area (Å²) in [4.78, 5) is 42.5. The summed E-state index contributed by atoms with van der Waals surface area (Å²) in [6.45, 7) is 0.321. The van der Waals surface area contributed by atoms with Gasteiger partial charge in [0.05, 0.1) is 14.2 Å². The van der Waals surface area contributed by atoms with Crippen molar-refractivity contribution in [3.8, 4) is 11.5 Å². The molecule has 1 heterocycles.